The first-order valence-corrected chi connectivity index (χ1v) is 22.4. The standard InChI is InChI=1S/C59H36N2OS/c1-2-16-38(17-3-1)60(39-30-33-53-47(34-39)43-19-5-9-25-52(43)61(53)41-28-31-45-44-20-6-11-27-56(44)63-57(45)36-41)40-29-32-50-55(35-40)62-54-26-10-8-23-49(54)59(50)48-22-7-4-18-42(48)46-21-12-14-37-15-13-24-51(59)58(37)46/h1-36H. The second kappa shape index (κ2) is 13.0. The number of hydrogen-bond acceptors (Lipinski definition) is 3. The summed E-state index contributed by atoms with van der Waals surface area (Å²) in [7, 11) is 0. The normalized spacial score (nSPS) is 14.9. The van der Waals surface area contributed by atoms with Gasteiger partial charge in [0.1, 0.15) is 11.5 Å². The summed E-state index contributed by atoms with van der Waals surface area (Å²) in [5.74, 6) is 1.73. The van der Waals surface area contributed by atoms with Crippen molar-refractivity contribution in [1.29, 1.82) is 0 Å². The number of rotatable bonds is 4. The molecule has 0 amide bonds. The minimum atomic E-state index is -0.593. The van der Waals surface area contributed by atoms with Gasteiger partial charge in [0, 0.05) is 70.9 Å². The van der Waals surface area contributed by atoms with Crippen molar-refractivity contribution >= 4 is 81.1 Å². The van der Waals surface area contributed by atoms with Crippen LogP contribution >= 0.6 is 11.3 Å². The van der Waals surface area contributed by atoms with Crippen LogP contribution in [0.15, 0.2) is 218 Å². The SMILES string of the molecule is c1ccc(N(c2ccc3c(c2)Oc2ccccc2C32c3ccccc3-c3cccc4cccc2c34)c2ccc3c(c2)c2ccccc2n3-c2ccc3c(c2)sc2ccccc23)cc1. The van der Waals surface area contributed by atoms with Gasteiger partial charge in [0.15, 0.2) is 0 Å². The highest BCUT2D eigenvalue weighted by molar-refractivity contribution is 7.25. The third kappa shape index (κ3) is 4.79. The second-order valence-corrected chi connectivity index (χ2v) is 17.9. The molecule has 0 N–H and O–H groups in total. The summed E-state index contributed by atoms with van der Waals surface area (Å²) in [6.07, 6.45) is 0. The van der Waals surface area contributed by atoms with Gasteiger partial charge in [-0.05, 0) is 99.8 Å². The van der Waals surface area contributed by atoms with Gasteiger partial charge in [-0.1, -0.05) is 146 Å². The zero-order chi connectivity index (χ0) is 41.2. The van der Waals surface area contributed by atoms with Gasteiger partial charge in [-0.25, -0.2) is 0 Å². The number of ether oxygens (including phenoxy) is 1. The molecule has 10 aromatic carbocycles. The lowest BCUT2D eigenvalue weighted by Gasteiger charge is -2.45. The van der Waals surface area contributed by atoms with Crippen LogP contribution in [0.4, 0.5) is 17.1 Å². The lowest BCUT2D eigenvalue weighted by molar-refractivity contribution is 0.435. The van der Waals surface area contributed by atoms with Crippen LogP contribution in [-0.4, -0.2) is 4.57 Å². The van der Waals surface area contributed by atoms with Gasteiger partial charge in [0.2, 0.25) is 0 Å². The summed E-state index contributed by atoms with van der Waals surface area (Å²) >= 11 is 1.86. The fourth-order valence-corrected chi connectivity index (χ4v) is 12.2. The zero-order valence-corrected chi connectivity index (χ0v) is 34.8. The van der Waals surface area contributed by atoms with Crippen molar-refractivity contribution in [1.82, 2.24) is 4.57 Å². The smallest absolute Gasteiger partial charge is 0.134 e. The van der Waals surface area contributed by atoms with Gasteiger partial charge in [-0.3, -0.25) is 0 Å². The molecule has 1 aliphatic carbocycles. The Balaban J connectivity index is 0.979. The number of anilines is 3. The average Bonchev–Trinajstić information content (AvgIpc) is 3.88. The van der Waals surface area contributed by atoms with E-state index in [1.165, 1.54) is 75.0 Å². The monoisotopic (exact) mass is 820 g/mol. The first-order valence-electron chi connectivity index (χ1n) is 21.6. The first kappa shape index (κ1) is 34.8. The van der Waals surface area contributed by atoms with Crippen LogP contribution in [0.2, 0.25) is 0 Å². The molecule has 12 aromatic rings. The van der Waals surface area contributed by atoms with E-state index in [2.05, 4.69) is 228 Å². The molecular formula is C59H36N2OS. The molecule has 0 saturated heterocycles. The Bertz CT molecular complexity index is 3860. The minimum absolute atomic E-state index is 0.593. The van der Waals surface area contributed by atoms with Gasteiger partial charge in [-0.15, -0.1) is 11.3 Å². The van der Waals surface area contributed by atoms with E-state index >= 15 is 0 Å². The fraction of sp³-hybridized carbons (Fsp3) is 0.0169. The molecule has 294 valence electrons. The zero-order valence-electron chi connectivity index (χ0n) is 34.0. The maximum atomic E-state index is 7.07. The van der Waals surface area contributed by atoms with E-state index in [1.807, 2.05) is 11.3 Å². The molecule has 1 unspecified atom stereocenters. The molecule has 1 atom stereocenters. The molecule has 0 saturated carbocycles. The highest BCUT2D eigenvalue weighted by atomic mass is 32.1. The van der Waals surface area contributed by atoms with E-state index in [0.29, 0.717) is 0 Å². The van der Waals surface area contributed by atoms with Crippen molar-refractivity contribution in [2.24, 2.45) is 0 Å². The number of thiophene rings is 1. The van der Waals surface area contributed by atoms with E-state index in [4.69, 9.17) is 4.74 Å². The molecule has 0 radical (unpaired) electrons. The Morgan fingerprint density at radius 2 is 1.06 bits per heavy atom. The maximum absolute atomic E-state index is 7.07. The third-order valence-electron chi connectivity index (χ3n) is 13.6. The molecule has 63 heavy (non-hydrogen) atoms. The molecule has 2 aromatic heterocycles. The molecule has 3 heterocycles. The molecular weight excluding hydrogens is 785 g/mol. The summed E-state index contributed by atoms with van der Waals surface area (Å²) < 4.78 is 12.1. The van der Waals surface area contributed by atoms with E-state index < -0.39 is 5.41 Å². The number of nitrogens with zero attached hydrogens (tertiary/aromatic N) is 2. The van der Waals surface area contributed by atoms with Crippen LogP contribution in [0.25, 0.3) is 69.6 Å². The van der Waals surface area contributed by atoms with Crippen molar-refractivity contribution in [2.45, 2.75) is 5.41 Å². The fourth-order valence-electron chi connectivity index (χ4n) is 11.1. The molecule has 2 aliphatic rings. The van der Waals surface area contributed by atoms with Gasteiger partial charge in [0.05, 0.1) is 16.4 Å². The quantitative estimate of drug-likeness (QED) is 0.176. The Morgan fingerprint density at radius 3 is 1.98 bits per heavy atom. The maximum Gasteiger partial charge on any atom is 0.134 e. The van der Waals surface area contributed by atoms with Gasteiger partial charge >= 0.3 is 0 Å². The van der Waals surface area contributed by atoms with Crippen molar-refractivity contribution in [3.63, 3.8) is 0 Å². The van der Waals surface area contributed by atoms with Crippen LogP contribution in [-0.2, 0) is 5.41 Å². The molecule has 3 nitrogen and oxygen atoms in total. The number of hydrogen-bond donors (Lipinski definition) is 0. The van der Waals surface area contributed by atoms with E-state index in [9.17, 15) is 0 Å². The highest BCUT2D eigenvalue weighted by Crippen LogP contribution is 2.61. The average molecular weight is 821 g/mol. The van der Waals surface area contributed by atoms with Crippen molar-refractivity contribution in [3.8, 4) is 28.3 Å². The Morgan fingerprint density at radius 1 is 0.397 bits per heavy atom. The van der Waals surface area contributed by atoms with Crippen LogP contribution in [0.1, 0.15) is 22.3 Å². The molecule has 1 aliphatic heterocycles. The predicted octanol–water partition coefficient (Wildman–Crippen LogP) is 16.2. The van der Waals surface area contributed by atoms with Gasteiger partial charge < -0.3 is 14.2 Å². The Labute approximate surface area is 367 Å². The Hall–Kier alpha value is -7.92. The number of benzene rings is 10. The lowest BCUT2D eigenvalue weighted by atomic mass is 9.58. The topological polar surface area (TPSA) is 17.4 Å². The lowest BCUT2D eigenvalue weighted by Crippen LogP contribution is -2.36. The summed E-state index contributed by atoms with van der Waals surface area (Å²) in [6, 6.07) is 80.1. The van der Waals surface area contributed by atoms with Crippen LogP contribution in [0, 0.1) is 0 Å². The van der Waals surface area contributed by atoms with Crippen molar-refractivity contribution in [2.75, 3.05) is 4.90 Å². The molecule has 0 fully saturated rings. The van der Waals surface area contributed by atoms with Crippen LogP contribution in [0.3, 0.4) is 0 Å². The van der Waals surface area contributed by atoms with Crippen LogP contribution < -0.4 is 9.64 Å². The molecule has 14 rings (SSSR count). The van der Waals surface area contributed by atoms with Crippen molar-refractivity contribution < 1.29 is 4.74 Å². The summed E-state index contributed by atoms with van der Waals surface area (Å²) in [6.45, 7) is 0. The third-order valence-corrected chi connectivity index (χ3v) is 14.8. The molecule has 0 bridgehead atoms. The summed E-state index contributed by atoms with van der Waals surface area (Å²) in [4.78, 5) is 2.37. The summed E-state index contributed by atoms with van der Waals surface area (Å²) in [5.41, 5.74) is 13.5. The first-order chi connectivity index (χ1) is 31.2. The van der Waals surface area contributed by atoms with Crippen LogP contribution in [0.5, 0.6) is 11.5 Å². The van der Waals surface area contributed by atoms with Gasteiger partial charge in [0.25, 0.3) is 0 Å². The van der Waals surface area contributed by atoms with E-state index in [-0.39, 0.29) is 0 Å². The second-order valence-electron chi connectivity index (χ2n) is 16.8. The number of fused-ring (bicyclic) bond motifs is 14. The highest BCUT2D eigenvalue weighted by Gasteiger charge is 2.49. The minimum Gasteiger partial charge on any atom is -0.457 e. The van der Waals surface area contributed by atoms with E-state index in [0.717, 1.165) is 45.4 Å². The molecule has 1 spiro atoms. The largest absolute Gasteiger partial charge is 0.457 e. The summed E-state index contributed by atoms with van der Waals surface area (Å²) in [5, 5.41) is 7.58. The van der Waals surface area contributed by atoms with E-state index in [1.54, 1.807) is 0 Å². The van der Waals surface area contributed by atoms with Gasteiger partial charge in [-0.2, -0.15) is 0 Å². The number of aromatic nitrogens is 1. The Kier molecular flexibility index (Phi) is 7.20. The number of para-hydroxylation sites is 3. The van der Waals surface area contributed by atoms with Crippen molar-refractivity contribution in [3.05, 3.63) is 241 Å². The molecule has 4 heteroatoms. The predicted molar refractivity (Wildman–Crippen MR) is 263 cm³/mol.